The first-order valence-corrected chi connectivity index (χ1v) is 5.49. The lowest BCUT2D eigenvalue weighted by atomic mass is 9.88. The molecule has 0 aromatic heterocycles. The molecule has 3 nitrogen and oxygen atoms in total. The lowest BCUT2D eigenvalue weighted by Crippen LogP contribution is -2.35. The highest BCUT2D eigenvalue weighted by Crippen LogP contribution is 2.29. The summed E-state index contributed by atoms with van der Waals surface area (Å²) >= 11 is 0. The van der Waals surface area contributed by atoms with Gasteiger partial charge in [-0.1, -0.05) is 0 Å². The molecule has 1 aromatic rings. The van der Waals surface area contributed by atoms with Crippen LogP contribution >= 0.6 is 0 Å². The molecule has 0 radical (unpaired) electrons. The van der Waals surface area contributed by atoms with Crippen LogP contribution in [0.1, 0.15) is 24.4 Å². The van der Waals surface area contributed by atoms with E-state index in [-0.39, 0.29) is 12.0 Å². The van der Waals surface area contributed by atoms with Crippen molar-refractivity contribution in [3.63, 3.8) is 0 Å². The van der Waals surface area contributed by atoms with Crippen LogP contribution in [-0.2, 0) is 4.79 Å². The van der Waals surface area contributed by atoms with Gasteiger partial charge in [0.15, 0.2) is 0 Å². The molecule has 2 atom stereocenters. The molecule has 1 aromatic carbocycles. The number of rotatable bonds is 2. The average Bonchev–Trinajstić information content (AvgIpc) is 2.32. The molecule has 1 fully saturated rings. The summed E-state index contributed by atoms with van der Waals surface area (Å²) in [7, 11) is 0. The van der Waals surface area contributed by atoms with E-state index < -0.39 is 29.6 Å². The van der Waals surface area contributed by atoms with Gasteiger partial charge in [0.2, 0.25) is 0 Å². The highest BCUT2D eigenvalue weighted by molar-refractivity contribution is 5.70. The van der Waals surface area contributed by atoms with E-state index in [0.29, 0.717) is 13.0 Å². The molecule has 0 amide bonds. The lowest BCUT2D eigenvalue weighted by Gasteiger charge is -2.28. The molecular formula is C12H13F2NO2. The number of aliphatic carboxylic acids is 1. The molecule has 0 unspecified atom stereocenters. The van der Waals surface area contributed by atoms with Crippen LogP contribution in [0, 0.1) is 17.6 Å². The number of hydrogen-bond acceptors (Lipinski definition) is 2. The Hall–Kier alpha value is -1.49. The fraction of sp³-hybridized carbons (Fsp3) is 0.417. The number of carboxylic acid groups (broad SMARTS) is 1. The smallest absolute Gasteiger partial charge is 0.306 e. The third-order valence-electron chi connectivity index (χ3n) is 3.09. The number of carbonyl (C=O) groups is 1. The first kappa shape index (κ1) is 12.0. The second-order valence-corrected chi connectivity index (χ2v) is 4.23. The van der Waals surface area contributed by atoms with E-state index in [1.807, 2.05) is 0 Å². The normalized spacial score (nSPS) is 24.6. The minimum Gasteiger partial charge on any atom is -0.481 e. The van der Waals surface area contributed by atoms with Crippen LogP contribution in [0.4, 0.5) is 8.78 Å². The molecule has 0 aliphatic carbocycles. The molecule has 0 bridgehead atoms. The Morgan fingerprint density at radius 1 is 1.41 bits per heavy atom. The number of benzene rings is 1. The van der Waals surface area contributed by atoms with Crippen molar-refractivity contribution < 1.29 is 18.7 Å². The second kappa shape index (κ2) is 4.79. The van der Waals surface area contributed by atoms with Crippen LogP contribution in [0.25, 0.3) is 0 Å². The van der Waals surface area contributed by atoms with Crippen molar-refractivity contribution in [3.05, 3.63) is 35.4 Å². The highest BCUT2D eigenvalue weighted by atomic mass is 19.1. The maximum atomic E-state index is 13.5. The summed E-state index contributed by atoms with van der Waals surface area (Å²) in [6.07, 6.45) is 0.804. The summed E-state index contributed by atoms with van der Waals surface area (Å²) in [5.41, 5.74) is 0.205. The summed E-state index contributed by atoms with van der Waals surface area (Å²) < 4.78 is 26.6. The van der Waals surface area contributed by atoms with E-state index in [9.17, 15) is 13.6 Å². The van der Waals surface area contributed by atoms with Crippen molar-refractivity contribution in [2.45, 2.75) is 18.9 Å². The Morgan fingerprint density at radius 3 is 2.88 bits per heavy atom. The summed E-state index contributed by atoms with van der Waals surface area (Å²) in [4.78, 5) is 10.9. The number of piperidine rings is 1. The van der Waals surface area contributed by atoms with Gasteiger partial charge in [-0.15, -0.1) is 0 Å². The van der Waals surface area contributed by atoms with E-state index >= 15 is 0 Å². The van der Waals surface area contributed by atoms with Gasteiger partial charge < -0.3 is 10.4 Å². The zero-order valence-corrected chi connectivity index (χ0v) is 9.12. The summed E-state index contributed by atoms with van der Waals surface area (Å²) in [5, 5.41) is 11.9. The van der Waals surface area contributed by atoms with Gasteiger partial charge in [0.25, 0.3) is 0 Å². The number of carboxylic acids is 1. The first-order chi connectivity index (χ1) is 8.08. The van der Waals surface area contributed by atoms with Gasteiger partial charge in [-0.3, -0.25) is 4.79 Å². The van der Waals surface area contributed by atoms with Gasteiger partial charge in [0.05, 0.1) is 5.92 Å². The third kappa shape index (κ3) is 2.61. The average molecular weight is 241 g/mol. The van der Waals surface area contributed by atoms with Crippen LogP contribution < -0.4 is 5.32 Å². The molecule has 0 spiro atoms. The second-order valence-electron chi connectivity index (χ2n) is 4.23. The molecule has 1 saturated heterocycles. The van der Waals surface area contributed by atoms with Crippen molar-refractivity contribution in [3.8, 4) is 0 Å². The van der Waals surface area contributed by atoms with Crippen molar-refractivity contribution in [1.82, 2.24) is 5.32 Å². The van der Waals surface area contributed by atoms with Crippen LogP contribution in [0.2, 0.25) is 0 Å². The van der Waals surface area contributed by atoms with Gasteiger partial charge in [-0.25, -0.2) is 8.78 Å². The summed E-state index contributed by atoms with van der Waals surface area (Å²) in [6.45, 7) is 0.498. The Labute approximate surface area is 97.5 Å². The Morgan fingerprint density at radius 2 is 2.18 bits per heavy atom. The zero-order valence-electron chi connectivity index (χ0n) is 9.12. The Balaban J connectivity index is 2.21. The Kier molecular flexibility index (Phi) is 3.38. The topological polar surface area (TPSA) is 49.3 Å². The fourth-order valence-corrected chi connectivity index (χ4v) is 2.16. The van der Waals surface area contributed by atoms with Gasteiger partial charge in [-0.05, 0) is 37.6 Å². The highest BCUT2D eigenvalue weighted by Gasteiger charge is 2.29. The number of hydrogen-bond donors (Lipinski definition) is 2. The van der Waals surface area contributed by atoms with E-state index in [1.54, 1.807) is 0 Å². The predicted molar refractivity (Wildman–Crippen MR) is 57.5 cm³/mol. The number of nitrogens with one attached hydrogen (secondary N) is 1. The molecule has 1 aliphatic rings. The molecule has 0 saturated carbocycles. The maximum absolute atomic E-state index is 13.5. The van der Waals surface area contributed by atoms with Gasteiger partial charge in [0.1, 0.15) is 11.6 Å². The molecule has 92 valence electrons. The summed E-state index contributed by atoms with van der Waals surface area (Å²) in [5.74, 6) is -2.40. The van der Waals surface area contributed by atoms with Crippen molar-refractivity contribution in [2.75, 3.05) is 6.54 Å². The third-order valence-corrected chi connectivity index (χ3v) is 3.09. The molecule has 5 heteroatoms. The van der Waals surface area contributed by atoms with E-state index in [0.717, 1.165) is 18.2 Å². The predicted octanol–water partition coefficient (Wildman–Crippen LogP) is 2.09. The molecule has 1 aliphatic heterocycles. The minimum atomic E-state index is -0.881. The quantitative estimate of drug-likeness (QED) is 0.833. The van der Waals surface area contributed by atoms with E-state index in [1.165, 1.54) is 0 Å². The van der Waals surface area contributed by atoms with Gasteiger partial charge in [0, 0.05) is 11.6 Å². The van der Waals surface area contributed by atoms with Gasteiger partial charge >= 0.3 is 5.97 Å². The summed E-state index contributed by atoms with van der Waals surface area (Å²) in [6, 6.07) is 2.81. The van der Waals surface area contributed by atoms with Crippen LogP contribution in [0.15, 0.2) is 18.2 Å². The molecule has 1 heterocycles. The zero-order chi connectivity index (χ0) is 12.4. The van der Waals surface area contributed by atoms with Crippen LogP contribution in [0.3, 0.4) is 0 Å². The Bertz CT molecular complexity index is 437. The number of halogens is 2. The standard InChI is InChI=1S/C12H13F2NO2/c13-8-1-2-10(14)9(6-8)11-5-7(12(16)17)3-4-15-11/h1-2,6-7,11,15H,3-5H2,(H,16,17)/t7-,11+/m1/s1. The molecule has 2 N–H and O–H groups in total. The van der Waals surface area contributed by atoms with Crippen LogP contribution in [0.5, 0.6) is 0 Å². The molecule has 2 rings (SSSR count). The molecule has 17 heavy (non-hydrogen) atoms. The molecular weight excluding hydrogens is 228 g/mol. The van der Waals surface area contributed by atoms with Crippen LogP contribution in [-0.4, -0.2) is 17.6 Å². The monoisotopic (exact) mass is 241 g/mol. The van der Waals surface area contributed by atoms with E-state index in [2.05, 4.69) is 5.32 Å². The van der Waals surface area contributed by atoms with Crippen molar-refractivity contribution in [1.29, 1.82) is 0 Å². The van der Waals surface area contributed by atoms with E-state index in [4.69, 9.17) is 5.11 Å². The largest absolute Gasteiger partial charge is 0.481 e. The maximum Gasteiger partial charge on any atom is 0.306 e. The SMILES string of the molecule is O=C(O)[C@@H]1CCN[C@H](c2cc(F)ccc2F)C1. The van der Waals surface area contributed by atoms with Crippen molar-refractivity contribution >= 4 is 5.97 Å². The van der Waals surface area contributed by atoms with Gasteiger partial charge in [-0.2, -0.15) is 0 Å². The fourth-order valence-electron chi connectivity index (χ4n) is 2.16. The van der Waals surface area contributed by atoms with Crippen molar-refractivity contribution in [2.24, 2.45) is 5.92 Å². The minimum absolute atomic E-state index is 0.205. The lowest BCUT2D eigenvalue weighted by molar-refractivity contribution is -0.143. The first-order valence-electron chi connectivity index (χ1n) is 5.49.